The van der Waals surface area contributed by atoms with Gasteiger partial charge in [0.15, 0.2) is 0 Å². The van der Waals surface area contributed by atoms with Crippen LogP contribution in [0, 0.1) is 0 Å². The van der Waals surface area contributed by atoms with E-state index in [9.17, 15) is 10.0 Å². The summed E-state index contributed by atoms with van der Waals surface area (Å²) in [5.41, 5.74) is 0.718. The van der Waals surface area contributed by atoms with Gasteiger partial charge in [-0.15, -0.1) is 10.3 Å². The number of aromatic carboxylic acids is 1. The van der Waals surface area contributed by atoms with E-state index in [1.54, 1.807) is 24.3 Å². The molecular formula is C28H38NO4. The molecular weight excluding hydrogens is 414 g/mol. The van der Waals surface area contributed by atoms with Gasteiger partial charge in [-0.1, -0.05) is 69.7 Å². The molecule has 0 saturated carbocycles. The van der Waals surface area contributed by atoms with Gasteiger partial charge >= 0.3 is 5.97 Å². The second kappa shape index (κ2) is 11.2. The highest BCUT2D eigenvalue weighted by atomic mass is 16.5. The SMILES string of the molecule is CCCCCCCCCOc1ccc([C@@]2(C)CC[C@](C)(c3ccc(C(=O)O)cc3)N2[O])cc1. The first-order valence-corrected chi connectivity index (χ1v) is 12.4. The number of hydrogen-bond acceptors (Lipinski definition) is 3. The molecule has 1 aliphatic rings. The van der Waals surface area contributed by atoms with Gasteiger partial charge in [-0.2, -0.15) is 0 Å². The summed E-state index contributed by atoms with van der Waals surface area (Å²) in [6.07, 6.45) is 10.2. The summed E-state index contributed by atoms with van der Waals surface area (Å²) in [7, 11) is 0. The van der Waals surface area contributed by atoms with Gasteiger partial charge in [0.1, 0.15) is 5.75 Å². The first-order chi connectivity index (χ1) is 15.8. The predicted octanol–water partition coefficient (Wildman–Crippen LogP) is 7.09. The van der Waals surface area contributed by atoms with Gasteiger partial charge in [-0.05, 0) is 68.5 Å². The van der Waals surface area contributed by atoms with Crippen LogP contribution >= 0.6 is 0 Å². The summed E-state index contributed by atoms with van der Waals surface area (Å²) >= 11 is 0. The maximum absolute atomic E-state index is 13.6. The van der Waals surface area contributed by atoms with E-state index in [0.29, 0.717) is 6.42 Å². The lowest BCUT2D eigenvalue weighted by Gasteiger charge is -2.37. The van der Waals surface area contributed by atoms with Crippen molar-refractivity contribution in [2.45, 2.75) is 89.6 Å². The molecule has 33 heavy (non-hydrogen) atoms. The molecule has 179 valence electrons. The normalized spacial score (nSPS) is 23.0. The van der Waals surface area contributed by atoms with Gasteiger partial charge in [-0.25, -0.2) is 4.79 Å². The van der Waals surface area contributed by atoms with Crippen LogP contribution in [0.1, 0.15) is 100 Å². The average Bonchev–Trinajstić information content (AvgIpc) is 3.07. The zero-order chi connectivity index (χ0) is 23.9. The van der Waals surface area contributed by atoms with Crippen LogP contribution in [0.15, 0.2) is 48.5 Å². The molecule has 1 N–H and O–H groups in total. The van der Waals surface area contributed by atoms with Crippen LogP contribution in [0.5, 0.6) is 5.75 Å². The van der Waals surface area contributed by atoms with Crippen molar-refractivity contribution in [3.05, 3.63) is 65.2 Å². The van der Waals surface area contributed by atoms with Crippen molar-refractivity contribution < 1.29 is 19.8 Å². The topological polar surface area (TPSA) is 69.7 Å². The van der Waals surface area contributed by atoms with Crippen LogP contribution < -0.4 is 4.74 Å². The average molecular weight is 453 g/mol. The summed E-state index contributed by atoms with van der Waals surface area (Å²) in [6, 6.07) is 14.6. The molecule has 0 unspecified atom stereocenters. The number of nitrogens with zero attached hydrogens (tertiary/aromatic N) is 1. The molecule has 0 aromatic heterocycles. The molecule has 2 aromatic carbocycles. The maximum Gasteiger partial charge on any atom is 0.335 e. The van der Waals surface area contributed by atoms with Crippen molar-refractivity contribution in [2.75, 3.05) is 6.61 Å². The molecule has 1 fully saturated rings. The highest BCUT2D eigenvalue weighted by Gasteiger charge is 2.52. The Kier molecular flexibility index (Phi) is 8.55. The minimum absolute atomic E-state index is 0.229. The third-order valence-corrected chi connectivity index (χ3v) is 7.24. The van der Waals surface area contributed by atoms with Crippen molar-refractivity contribution in [1.29, 1.82) is 0 Å². The number of carboxylic acid groups (broad SMARTS) is 1. The molecule has 2 aromatic rings. The molecule has 0 amide bonds. The molecule has 1 radical (unpaired) electrons. The first-order valence-electron chi connectivity index (χ1n) is 12.4. The third-order valence-electron chi connectivity index (χ3n) is 7.24. The Labute approximate surface area is 198 Å². The standard InChI is InChI=1S/C28H38NO4/c1-4-5-6-7-8-9-10-21-33-25-17-15-24(16-18-25)28(3)20-19-27(2,29(28)32)23-13-11-22(12-14-23)26(30)31/h11-18H,4-10,19-21H2,1-3H3,(H,30,31)/t27-,28-/m1/s1. The van der Waals surface area contributed by atoms with Crippen molar-refractivity contribution in [1.82, 2.24) is 5.06 Å². The monoisotopic (exact) mass is 452 g/mol. The van der Waals surface area contributed by atoms with Crippen LogP contribution in [0.3, 0.4) is 0 Å². The number of ether oxygens (including phenoxy) is 1. The Hall–Kier alpha value is -2.37. The van der Waals surface area contributed by atoms with E-state index < -0.39 is 17.0 Å². The van der Waals surface area contributed by atoms with Crippen molar-refractivity contribution >= 4 is 5.97 Å². The zero-order valence-electron chi connectivity index (χ0n) is 20.3. The highest BCUT2D eigenvalue weighted by molar-refractivity contribution is 5.87. The van der Waals surface area contributed by atoms with Gasteiger partial charge in [-0.3, -0.25) is 0 Å². The van der Waals surface area contributed by atoms with E-state index in [0.717, 1.165) is 36.3 Å². The van der Waals surface area contributed by atoms with Gasteiger partial charge in [0.2, 0.25) is 0 Å². The molecule has 0 spiro atoms. The largest absolute Gasteiger partial charge is 0.494 e. The lowest BCUT2D eigenvalue weighted by Crippen LogP contribution is -2.44. The number of benzene rings is 2. The smallest absolute Gasteiger partial charge is 0.335 e. The van der Waals surface area contributed by atoms with Gasteiger partial charge in [0.05, 0.1) is 23.2 Å². The van der Waals surface area contributed by atoms with E-state index in [2.05, 4.69) is 6.92 Å². The lowest BCUT2D eigenvalue weighted by atomic mass is 9.89. The fraction of sp³-hybridized carbons (Fsp3) is 0.536. The number of carbonyl (C=O) groups is 1. The number of carboxylic acids is 1. The van der Waals surface area contributed by atoms with E-state index in [1.165, 1.54) is 43.6 Å². The van der Waals surface area contributed by atoms with Crippen LogP contribution in [0.4, 0.5) is 0 Å². The Bertz CT molecular complexity index is 895. The maximum atomic E-state index is 13.6. The van der Waals surface area contributed by atoms with Crippen LogP contribution in [-0.2, 0) is 16.3 Å². The molecule has 0 aliphatic carbocycles. The highest BCUT2D eigenvalue weighted by Crippen LogP contribution is 2.51. The van der Waals surface area contributed by atoms with Crippen molar-refractivity contribution in [3.8, 4) is 5.75 Å². The summed E-state index contributed by atoms with van der Waals surface area (Å²) in [5.74, 6) is -0.118. The molecule has 5 heteroatoms. The van der Waals surface area contributed by atoms with Crippen LogP contribution in [0.2, 0.25) is 0 Å². The first kappa shape index (κ1) is 25.3. The third kappa shape index (κ3) is 5.77. The zero-order valence-corrected chi connectivity index (χ0v) is 20.3. The van der Waals surface area contributed by atoms with Crippen LogP contribution in [-0.4, -0.2) is 22.7 Å². The van der Waals surface area contributed by atoms with E-state index in [1.807, 2.05) is 38.1 Å². The van der Waals surface area contributed by atoms with Gasteiger partial charge in [0, 0.05) is 0 Å². The van der Waals surface area contributed by atoms with Gasteiger partial charge in [0.25, 0.3) is 0 Å². The summed E-state index contributed by atoms with van der Waals surface area (Å²) in [5, 5.41) is 23.9. The number of rotatable bonds is 12. The Balaban J connectivity index is 1.57. The quantitative estimate of drug-likeness (QED) is 0.349. The van der Waals surface area contributed by atoms with E-state index in [-0.39, 0.29) is 5.56 Å². The molecule has 0 bridgehead atoms. The summed E-state index contributed by atoms with van der Waals surface area (Å²) < 4.78 is 5.91. The van der Waals surface area contributed by atoms with Gasteiger partial charge < -0.3 is 9.84 Å². The molecule has 3 rings (SSSR count). The van der Waals surface area contributed by atoms with E-state index >= 15 is 0 Å². The molecule has 5 nitrogen and oxygen atoms in total. The van der Waals surface area contributed by atoms with Crippen molar-refractivity contribution in [3.63, 3.8) is 0 Å². The Morgan fingerprint density at radius 1 is 0.848 bits per heavy atom. The lowest BCUT2D eigenvalue weighted by molar-refractivity contribution is -0.260. The second-order valence-electron chi connectivity index (χ2n) is 9.72. The summed E-state index contributed by atoms with van der Waals surface area (Å²) in [6.45, 7) is 6.90. The fourth-order valence-electron chi connectivity index (χ4n) is 4.89. The molecule has 1 aliphatic heterocycles. The predicted molar refractivity (Wildman–Crippen MR) is 130 cm³/mol. The minimum atomic E-state index is -0.962. The number of hydrogen-bond donors (Lipinski definition) is 1. The molecule has 1 heterocycles. The fourth-order valence-corrected chi connectivity index (χ4v) is 4.89. The molecule has 1 saturated heterocycles. The van der Waals surface area contributed by atoms with Crippen molar-refractivity contribution in [2.24, 2.45) is 0 Å². The minimum Gasteiger partial charge on any atom is -0.494 e. The second-order valence-corrected chi connectivity index (χ2v) is 9.72. The molecule has 2 atom stereocenters. The Morgan fingerprint density at radius 3 is 1.85 bits per heavy atom. The Morgan fingerprint density at radius 2 is 1.33 bits per heavy atom. The number of unbranched alkanes of at least 4 members (excludes halogenated alkanes) is 6. The summed E-state index contributed by atoms with van der Waals surface area (Å²) in [4.78, 5) is 11.2. The van der Waals surface area contributed by atoms with Crippen LogP contribution in [0.25, 0.3) is 0 Å². The van der Waals surface area contributed by atoms with E-state index in [4.69, 9.17) is 9.84 Å². The number of hydroxylamine groups is 2.